The first-order valence-corrected chi connectivity index (χ1v) is 13.8. The lowest BCUT2D eigenvalue weighted by Gasteiger charge is -2.47. The largest absolute Gasteiger partial charge is 0.470 e. The maximum absolute atomic E-state index is 12.0. The molecular weight excluding hydrogens is 567 g/mol. The average Bonchev–Trinajstić information content (AvgIpc) is 2.72. The SMILES string of the molecule is CNC(=O)OC1[C@@H](OC(=O)NC)[C@H](OP(=O)(O)O)C(OP(=O)(O)O)[C@@H](OP(=O)(O)O)[C@H]1OC(=O)NC. The number of amides is 3. The Kier molecular flexibility index (Phi) is 11.3. The first-order valence-electron chi connectivity index (χ1n) is 9.18. The number of nitrogens with one attached hydrogen (secondary N) is 3. The summed E-state index contributed by atoms with van der Waals surface area (Å²) in [6, 6.07) is 0. The highest BCUT2D eigenvalue weighted by atomic mass is 31.2. The van der Waals surface area contributed by atoms with Crippen LogP contribution in [0.3, 0.4) is 0 Å². The molecule has 1 aliphatic carbocycles. The molecule has 6 atom stereocenters. The molecule has 1 fully saturated rings. The van der Waals surface area contributed by atoms with Crippen molar-refractivity contribution < 1.29 is 85.2 Å². The van der Waals surface area contributed by atoms with Crippen LogP contribution in [0.15, 0.2) is 0 Å². The highest BCUT2D eigenvalue weighted by molar-refractivity contribution is 7.47. The predicted octanol–water partition coefficient (Wildman–Crippen LogP) is -2.39. The minimum Gasteiger partial charge on any atom is -0.439 e. The van der Waals surface area contributed by atoms with E-state index in [2.05, 4.69) is 13.6 Å². The molecule has 9 N–H and O–H groups in total. The fourth-order valence-corrected chi connectivity index (χ4v) is 4.58. The van der Waals surface area contributed by atoms with Crippen molar-refractivity contribution in [3.8, 4) is 0 Å². The fraction of sp³-hybridized carbons (Fsp3) is 0.750. The van der Waals surface area contributed by atoms with Crippen LogP contribution in [0.25, 0.3) is 0 Å². The molecular formula is C12H24N3O18P3. The monoisotopic (exact) mass is 591 g/mol. The second-order valence-corrected chi connectivity index (χ2v) is 10.1. The normalized spacial score (nSPS) is 26.9. The highest BCUT2D eigenvalue weighted by Gasteiger charge is 2.62. The molecule has 0 aromatic rings. The smallest absolute Gasteiger partial charge is 0.439 e. The van der Waals surface area contributed by atoms with E-state index < -0.39 is 78.4 Å². The van der Waals surface area contributed by atoms with Gasteiger partial charge in [0.2, 0.25) is 0 Å². The Morgan fingerprint density at radius 3 is 0.889 bits per heavy atom. The molecule has 0 aromatic carbocycles. The van der Waals surface area contributed by atoms with Gasteiger partial charge < -0.3 is 59.5 Å². The number of phosphoric acid groups is 3. The zero-order valence-corrected chi connectivity index (χ0v) is 21.1. The lowest BCUT2D eigenvalue weighted by molar-refractivity contribution is -0.211. The molecule has 2 unspecified atom stereocenters. The van der Waals surface area contributed by atoms with Gasteiger partial charge in [-0.05, 0) is 0 Å². The molecule has 0 spiro atoms. The van der Waals surface area contributed by atoms with Crippen LogP contribution < -0.4 is 16.0 Å². The van der Waals surface area contributed by atoms with Gasteiger partial charge in [-0.25, -0.2) is 28.1 Å². The summed E-state index contributed by atoms with van der Waals surface area (Å²) in [6.07, 6.45) is -18.9. The standard InChI is InChI=1S/C12H24N3O18P3/c1-13-10(16)28-4-5(29-11(17)14-2)7(31-34(19,20)21)9(33-36(25,26)27)8(32-35(22,23)24)6(4)30-12(18)15-3/h4-9H,1-3H3,(H,13,16)(H,14,17)(H,15,18)(H2,19,20,21)(H2,22,23,24)(H2,25,26,27)/t4?,5-,6+,7-,8-,9?/m0/s1. The number of carbonyl (C=O) groups excluding carboxylic acids is 3. The van der Waals surface area contributed by atoms with E-state index in [0.29, 0.717) is 0 Å². The van der Waals surface area contributed by atoms with E-state index in [0.717, 1.165) is 21.1 Å². The van der Waals surface area contributed by atoms with Crippen molar-refractivity contribution in [2.75, 3.05) is 21.1 Å². The number of rotatable bonds is 9. The molecule has 21 nitrogen and oxygen atoms in total. The Bertz CT molecular complexity index is 891. The van der Waals surface area contributed by atoms with Crippen LogP contribution in [0.1, 0.15) is 0 Å². The molecule has 0 aromatic heterocycles. The number of alkyl carbamates (subject to hydrolysis) is 3. The van der Waals surface area contributed by atoms with Crippen LogP contribution in [0.5, 0.6) is 0 Å². The summed E-state index contributed by atoms with van der Waals surface area (Å²) >= 11 is 0. The van der Waals surface area contributed by atoms with Crippen molar-refractivity contribution in [2.24, 2.45) is 0 Å². The Balaban J connectivity index is 3.93. The van der Waals surface area contributed by atoms with Crippen molar-refractivity contribution >= 4 is 41.7 Å². The second-order valence-electron chi connectivity index (χ2n) is 6.54. The molecule has 0 radical (unpaired) electrons. The van der Waals surface area contributed by atoms with Gasteiger partial charge >= 0.3 is 41.7 Å². The molecule has 3 amide bonds. The summed E-state index contributed by atoms with van der Waals surface area (Å²) in [5, 5.41) is 5.80. The number of carbonyl (C=O) groups is 3. The minimum absolute atomic E-state index is 1.01. The van der Waals surface area contributed by atoms with Crippen molar-refractivity contribution in [1.82, 2.24) is 16.0 Å². The molecule has 0 aliphatic heterocycles. The molecule has 1 rings (SSSR count). The molecule has 36 heavy (non-hydrogen) atoms. The first kappa shape index (κ1) is 32.2. The minimum atomic E-state index is -5.73. The lowest BCUT2D eigenvalue weighted by atomic mass is 9.84. The van der Waals surface area contributed by atoms with Gasteiger partial charge in [0, 0.05) is 21.1 Å². The van der Waals surface area contributed by atoms with Gasteiger partial charge in [-0.1, -0.05) is 0 Å². The number of phosphoric ester groups is 3. The Morgan fingerprint density at radius 1 is 0.500 bits per heavy atom. The van der Waals surface area contributed by atoms with Crippen LogP contribution >= 0.6 is 23.5 Å². The zero-order chi connectivity index (χ0) is 28.1. The maximum Gasteiger partial charge on any atom is 0.470 e. The van der Waals surface area contributed by atoms with Gasteiger partial charge in [-0.15, -0.1) is 0 Å². The molecule has 1 aliphatic rings. The number of hydrogen-bond acceptors (Lipinski definition) is 12. The maximum atomic E-state index is 12.0. The van der Waals surface area contributed by atoms with Crippen LogP contribution in [0.4, 0.5) is 14.4 Å². The summed E-state index contributed by atoms with van der Waals surface area (Å²) in [5.41, 5.74) is 0. The second kappa shape index (κ2) is 12.6. The summed E-state index contributed by atoms with van der Waals surface area (Å²) in [4.78, 5) is 92.0. The third-order valence-corrected chi connectivity index (χ3v) is 5.62. The summed E-state index contributed by atoms with van der Waals surface area (Å²) in [6.45, 7) is 0. The van der Waals surface area contributed by atoms with Gasteiger partial charge in [-0.3, -0.25) is 13.6 Å². The molecule has 210 valence electrons. The van der Waals surface area contributed by atoms with Crippen LogP contribution in [0.2, 0.25) is 0 Å². The van der Waals surface area contributed by atoms with E-state index in [9.17, 15) is 57.4 Å². The van der Waals surface area contributed by atoms with E-state index in [4.69, 9.17) is 14.2 Å². The Labute approximate surface area is 201 Å². The summed E-state index contributed by atoms with van der Waals surface area (Å²) in [5.74, 6) is 0. The van der Waals surface area contributed by atoms with Crippen molar-refractivity contribution in [1.29, 1.82) is 0 Å². The van der Waals surface area contributed by atoms with E-state index >= 15 is 0 Å². The Morgan fingerprint density at radius 2 is 0.694 bits per heavy atom. The zero-order valence-electron chi connectivity index (χ0n) is 18.4. The van der Waals surface area contributed by atoms with Crippen molar-refractivity contribution in [2.45, 2.75) is 36.6 Å². The van der Waals surface area contributed by atoms with Gasteiger partial charge in [0.1, 0.15) is 18.3 Å². The van der Waals surface area contributed by atoms with E-state index in [1.54, 1.807) is 0 Å². The topological polar surface area (TPSA) is 315 Å². The highest BCUT2D eigenvalue weighted by Crippen LogP contribution is 2.51. The van der Waals surface area contributed by atoms with Gasteiger partial charge in [-0.2, -0.15) is 0 Å². The fourth-order valence-electron chi connectivity index (χ4n) is 2.91. The van der Waals surface area contributed by atoms with E-state index in [1.807, 2.05) is 16.0 Å². The van der Waals surface area contributed by atoms with E-state index in [1.165, 1.54) is 0 Å². The summed E-state index contributed by atoms with van der Waals surface area (Å²) in [7, 11) is -14.1. The molecule has 24 heteroatoms. The molecule has 0 heterocycles. The predicted molar refractivity (Wildman–Crippen MR) is 109 cm³/mol. The van der Waals surface area contributed by atoms with Crippen LogP contribution in [0, 0.1) is 0 Å². The number of ether oxygens (including phenoxy) is 3. The number of hydrogen-bond donors (Lipinski definition) is 9. The van der Waals surface area contributed by atoms with E-state index in [-0.39, 0.29) is 0 Å². The first-order chi connectivity index (χ1) is 16.3. The molecule has 0 saturated heterocycles. The quantitative estimate of drug-likeness (QED) is 0.0997. The molecule has 1 saturated carbocycles. The third-order valence-electron chi connectivity index (χ3n) is 4.06. The average molecular weight is 591 g/mol. The summed E-state index contributed by atoms with van der Waals surface area (Å²) < 4.78 is 63.0. The van der Waals surface area contributed by atoms with Crippen molar-refractivity contribution in [3.63, 3.8) is 0 Å². The van der Waals surface area contributed by atoms with Crippen molar-refractivity contribution in [3.05, 3.63) is 0 Å². The van der Waals surface area contributed by atoms with Gasteiger partial charge in [0.05, 0.1) is 0 Å². The van der Waals surface area contributed by atoms with Crippen LogP contribution in [-0.2, 0) is 41.5 Å². The van der Waals surface area contributed by atoms with Gasteiger partial charge in [0.25, 0.3) is 0 Å². The van der Waals surface area contributed by atoms with Crippen LogP contribution in [-0.4, -0.2) is 105 Å². The molecule has 0 bridgehead atoms. The Hall–Kier alpha value is -1.86. The lowest BCUT2D eigenvalue weighted by Crippen LogP contribution is -2.68. The third kappa shape index (κ3) is 10.3. The van der Waals surface area contributed by atoms with Gasteiger partial charge in [0.15, 0.2) is 18.3 Å².